The van der Waals surface area contributed by atoms with Crippen LogP contribution in [0, 0.1) is 11.3 Å². The van der Waals surface area contributed by atoms with Gasteiger partial charge in [-0.05, 0) is 31.9 Å². The van der Waals surface area contributed by atoms with Crippen molar-refractivity contribution < 1.29 is 9.53 Å². The summed E-state index contributed by atoms with van der Waals surface area (Å²) in [6.45, 7) is 8.12. The summed E-state index contributed by atoms with van der Waals surface area (Å²) in [5, 5.41) is 0. The van der Waals surface area contributed by atoms with E-state index in [0.717, 1.165) is 5.75 Å². The van der Waals surface area contributed by atoms with Gasteiger partial charge in [-0.1, -0.05) is 26.0 Å². The summed E-state index contributed by atoms with van der Waals surface area (Å²) in [7, 11) is 0. The van der Waals surface area contributed by atoms with Crippen LogP contribution in [0.4, 0.5) is 0 Å². The standard InChI is InChI=1S/C14H18O2/c1-9(2)13-14(3,4)12(15)10-7-5-6-8-11(10)16-13/h5-9,13H,1-4H3. The van der Waals surface area contributed by atoms with Gasteiger partial charge in [-0.25, -0.2) is 0 Å². The summed E-state index contributed by atoms with van der Waals surface area (Å²) in [6, 6.07) is 7.50. The second-order valence-corrected chi connectivity index (χ2v) is 5.33. The van der Waals surface area contributed by atoms with Crippen LogP contribution in [0.5, 0.6) is 5.75 Å². The van der Waals surface area contributed by atoms with Crippen LogP contribution in [0.25, 0.3) is 0 Å². The lowest BCUT2D eigenvalue weighted by Crippen LogP contribution is -2.47. The molecule has 1 heterocycles. The van der Waals surface area contributed by atoms with Gasteiger partial charge in [-0.3, -0.25) is 4.79 Å². The van der Waals surface area contributed by atoms with Crippen LogP contribution in [0.2, 0.25) is 0 Å². The smallest absolute Gasteiger partial charge is 0.175 e. The molecule has 0 spiro atoms. The monoisotopic (exact) mass is 218 g/mol. The highest BCUT2D eigenvalue weighted by Gasteiger charge is 2.45. The van der Waals surface area contributed by atoms with Crippen LogP contribution < -0.4 is 4.74 Å². The average Bonchev–Trinajstić information content (AvgIpc) is 2.23. The number of carbonyl (C=O) groups excluding carboxylic acids is 1. The Balaban J connectivity index is 2.51. The SMILES string of the molecule is CC(C)C1Oc2ccccc2C(=O)C1(C)C. The van der Waals surface area contributed by atoms with Gasteiger partial charge in [0.05, 0.1) is 11.0 Å². The Hall–Kier alpha value is -1.31. The fraction of sp³-hybridized carbons (Fsp3) is 0.500. The van der Waals surface area contributed by atoms with Crippen molar-refractivity contribution in [3.63, 3.8) is 0 Å². The quantitative estimate of drug-likeness (QED) is 0.722. The van der Waals surface area contributed by atoms with E-state index in [4.69, 9.17) is 4.74 Å². The van der Waals surface area contributed by atoms with E-state index < -0.39 is 5.41 Å². The number of rotatable bonds is 1. The third kappa shape index (κ3) is 1.53. The Kier molecular flexibility index (Phi) is 2.53. The largest absolute Gasteiger partial charge is 0.488 e. The zero-order valence-electron chi connectivity index (χ0n) is 10.3. The molecule has 1 aliphatic heterocycles. The molecule has 1 aromatic carbocycles. The number of hydrogen-bond donors (Lipinski definition) is 0. The molecule has 2 nitrogen and oxygen atoms in total. The maximum Gasteiger partial charge on any atom is 0.175 e. The molecule has 0 fully saturated rings. The molecule has 1 aromatic rings. The lowest BCUT2D eigenvalue weighted by molar-refractivity contribution is 0.0202. The summed E-state index contributed by atoms with van der Waals surface area (Å²) >= 11 is 0. The molecule has 1 aliphatic rings. The van der Waals surface area contributed by atoms with Gasteiger partial charge in [0.25, 0.3) is 0 Å². The van der Waals surface area contributed by atoms with Crippen LogP contribution in [0.1, 0.15) is 38.1 Å². The Morgan fingerprint density at radius 2 is 1.88 bits per heavy atom. The van der Waals surface area contributed by atoms with E-state index >= 15 is 0 Å². The number of para-hydroxylation sites is 1. The van der Waals surface area contributed by atoms with Gasteiger partial charge in [0.15, 0.2) is 5.78 Å². The molecule has 2 rings (SSSR count). The van der Waals surface area contributed by atoms with Crippen LogP contribution in [-0.4, -0.2) is 11.9 Å². The van der Waals surface area contributed by atoms with Crippen molar-refractivity contribution in [3.05, 3.63) is 29.8 Å². The van der Waals surface area contributed by atoms with Gasteiger partial charge in [-0.2, -0.15) is 0 Å². The lowest BCUT2D eigenvalue weighted by atomic mass is 9.73. The van der Waals surface area contributed by atoms with Crippen LogP contribution in [-0.2, 0) is 0 Å². The van der Waals surface area contributed by atoms with Gasteiger partial charge in [0.2, 0.25) is 0 Å². The summed E-state index contributed by atoms with van der Waals surface area (Å²) < 4.78 is 5.96. The molecule has 0 amide bonds. The molecule has 0 N–H and O–H groups in total. The molecule has 2 heteroatoms. The third-order valence-electron chi connectivity index (χ3n) is 3.29. The molecule has 16 heavy (non-hydrogen) atoms. The number of carbonyl (C=O) groups is 1. The normalized spacial score (nSPS) is 22.8. The second-order valence-electron chi connectivity index (χ2n) is 5.33. The van der Waals surface area contributed by atoms with Crippen LogP contribution >= 0.6 is 0 Å². The molecule has 0 radical (unpaired) electrons. The maximum absolute atomic E-state index is 12.4. The Morgan fingerprint density at radius 3 is 2.50 bits per heavy atom. The van der Waals surface area contributed by atoms with Crippen molar-refractivity contribution in [2.45, 2.75) is 33.8 Å². The predicted molar refractivity (Wildman–Crippen MR) is 63.8 cm³/mol. The van der Waals surface area contributed by atoms with Crippen molar-refractivity contribution in [2.24, 2.45) is 11.3 Å². The van der Waals surface area contributed by atoms with Crippen LogP contribution in [0.15, 0.2) is 24.3 Å². The minimum absolute atomic E-state index is 0.0464. The molecule has 0 aliphatic carbocycles. The fourth-order valence-electron chi connectivity index (χ4n) is 2.49. The predicted octanol–water partition coefficient (Wildman–Crippen LogP) is 3.31. The topological polar surface area (TPSA) is 26.3 Å². The van der Waals surface area contributed by atoms with Crippen molar-refractivity contribution in [1.82, 2.24) is 0 Å². The van der Waals surface area contributed by atoms with Crippen molar-refractivity contribution in [3.8, 4) is 5.75 Å². The molecule has 0 saturated carbocycles. The minimum atomic E-state index is -0.442. The summed E-state index contributed by atoms with van der Waals surface area (Å²) in [5.74, 6) is 1.24. The molecule has 0 saturated heterocycles. The van der Waals surface area contributed by atoms with Crippen molar-refractivity contribution in [2.75, 3.05) is 0 Å². The third-order valence-corrected chi connectivity index (χ3v) is 3.29. The number of ketones is 1. The lowest BCUT2D eigenvalue weighted by Gasteiger charge is -2.40. The number of Topliss-reactive ketones (excluding diaryl/α,β-unsaturated/α-hetero) is 1. The zero-order chi connectivity index (χ0) is 11.9. The van der Waals surface area contributed by atoms with Gasteiger partial charge >= 0.3 is 0 Å². The first kappa shape index (κ1) is 11.2. The fourth-order valence-corrected chi connectivity index (χ4v) is 2.49. The number of ether oxygens (including phenoxy) is 1. The molecule has 0 bridgehead atoms. The molecule has 86 valence electrons. The highest BCUT2D eigenvalue weighted by Crippen LogP contribution is 2.40. The van der Waals surface area contributed by atoms with Crippen molar-refractivity contribution in [1.29, 1.82) is 0 Å². The van der Waals surface area contributed by atoms with E-state index in [2.05, 4.69) is 13.8 Å². The minimum Gasteiger partial charge on any atom is -0.488 e. The van der Waals surface area contributed by atoms with E-state index in [9.17, 15) is 4.79 Å². The summed E-state index contributed by atoms with van der Waals surface area (Å²) in [5.41, 5.74) is 0.270. The maximum atomic E-state index is 12.4. The highest BCUT2D eigenvalue weighted by molar-refractivity contribution is 6.03. The highest BCUT2D eigenvalue weighted by atomic mass is 16.5. The number of fused-ring (bicyclic) bond motifs is 1. The average molecular weight is 218 g/mol. The van der Waals surface area contributed by atoms with Crippen LogP contribution in [0.3, 0.4) is 0 Å². The Labute approximate surface area is 96.6 Å². The zero-order valence-corrected chi connectivity index (χ0v) is 10.3. The second kappa shape index (κ2) is 3.62. The molecular formula is C14H18O2. The van der Waals surface area contributed by atoms with E-state index in [0.29, 0.717) is 11.5 Å². The molecule has 1 atom stereocenters. The number of benzene rings is 1. The molecular weight excluding hydrogens is 200 g/mol. The van der Waals surface area contributed by atoms with Gasteiger partial charge in [0, 0.05) is 0 Å². The van der Waals surface area contributed by atoms with E-state index in [1.807, 2.05) is 38.1 Å². The molecule has 1 unspecified atom stereocenters. The first-order valence-corrected chi connectivity index (χ1v) is 5.75. The van der Waals surface area contributed by atoms with Gasteiger partial charge in [0.1, 0.15) is 11.9 Å². The van der Waals surface area contributed by atoms with Crippen molar-refractivity contribution >= 4 is 5.78 Å². The Morgan fingerprint density at radius 1 is 1.25 bits per heavy atom. The van der Waals surface area contributed by atoms with E-state index in [1.54, 1.807) is 0 Å². The summed E-state index contributed by atoms with van der Waals surface area (Å²) in [4.78, 5) is 12.4. The Bertz CT molecular complexity index is 418. The van der Waals surface area contributed by atoms with E-state index in [-0.39, 0.29) is 11.9 Å². The molecule has 0 aromatic heterocycles. The van der Waals surface area contributed by atoms with Gasteiger partial charge < -0.3 is 4.74 Å². The summed E-state index contributed by atoms with van der Waals surface area (Å²) in [6.07, 6.45) is -0.0464. The van der Waals surface area contributed by atoms with E-state index in [1.165, 1.54) is 0 Å². The number of hydrogen-bond acceptors (Lipinski definition) is 2. The first-order chi connectivity index (χ1) is 7.44. The first-order valence-electron chi connectivity index (χ1n) is 5.75. The van der Waals surface area contributed by atoms with Gasteiger partial charge in [-0.15, -0.1) is 0 Å².